The number of hydrogen-bond donors (Lipinski definition) is 1. The van der Waals surface area contributed by atoms with Crippen molar-refractivity contribution in [3.8, 4) is 5.75 Å². The maximum absolute atomic E-state index is 5.83. The van der Waals surface area contributed by atoms with E-state index in [-0.39, 0.29) is 0 Å². The van der Waals surface area contributed by atoms with Crippen molar-refractivity contribution in [3.63, 3.8) is 0 Å². The largest absolute Gasteiger partial charge is 0.488 e. The minimum absolute atomic E-state index is 0.340. The molecule has 2 unspecified atom stereocenters. The highest BCUT2D eigenvalue weighted by Gasteiger charge is 2.27. The van der Waals surface area contributed by atoms with Crippen LogP contribution < -0.4 is 10.1 Å². The van der Waals surface area contributed by atoms with Crippen LogP contribution >= 0.6 is 0 Å². The molecular formula is C14H22N2O. The van der Waals surface area contributed by atoms with E-state index in [1.807, 2.05) is 13.8 Å². The Morgan fingerprint density at radius 1 is 1.41 bits per heavy atom. The number of ether oxygens (including phenoxy) is 1. The average Bonchev–Trinajstić information content (AvgIpc) is 2.89. The van der Waals surface area contributed by atoms with Crippen LogP contribution in [0.15, 0.2) is 6.07 Å². The lowest BCUT2D eigenvalue weighted by molar-refractivity contribution is 0.228. The van der Waals surface area contributed by atoms with Gasteiger partial charge in [0.25, 0.3) is 0 Å². The van der Waals surface area contributed by atoms with Crippen LogP contribution in [0.1, 0.15) is 45.4 Å². The van der Waals surface area contributed by atoms with Crippen LogP contribution in [0.4, 0.5) is 5.82 Å². The molecule has 2 atom stereocenters. The second-order valence-electron chi connectivity index (χ2n) is 4.54. The van der Waals surface area contributed by atoms with Crippen molar-refractivity contribution >= 4 is 5.82 Å². The normalized spacial score (nSPS) is 24.0. The second kappa shape index (κ2) is 4.94. The molecule has 3 heterocycles. The van der Waals surface area contributed by atoms with E-state index >= 15 is 0 Å². The molecule has 1 aromatic rings. The molecule has 3 nitrogen and oxygen atoms in total. The van der Waals surface area contributed by atoms with Gasteiger partial charge >= 0.3 is 0 Å². The molecule has 0 fully saturated rings. The first-order chi connectivity index (χ1) is 8.26. The van der Waals surface area contributed by atoms with Crippen LogP contribution in [-0.2, 0) is 12.8 Å². The van der Waals surface area contributed by atoms with E-state index in [4.69, 9.17) is 4.74 Å². The molecule has 0 saturated carbocycles. The standard InChI is InChI=1S/C12H16N2O.C2H6/c1-3-9-6-10-11(15-9)5-8-4-7(2)13-12(8)14-10;1-2/h5,7,9H,3-4,6H2,1-2H3,(H,13,14);1-2H3. The summed E-state index contributed by atoms with van der Waals surface area (Å²) >= 11 is 0. The first-order valence-electron chi connectivity index (χ1n) is 6.72. The van der Waals surface area contributed by atoms with E-state index in [9.17, 15) is 0 Å². The Balaban J connectivity index is 0.000000514. The van der Waals surface area contributed by atoms with Gasteiger partial charge in [-0.3, -0.25) is 0 Å². The summed E-state index contributed by atoms with van der Waals surface area (Å²) in [4.78, 5) is 4.65. The third-order valence-electron chi connectivity index (χ3n) is 3.22. The molecule has 0 aromatic carbocycles. The molecule has 0 radical (unpaired) electrons. The maximum Gasteiger partial charge on any atom is 0.141 e. The third kappa shape index (κ3) is 2.24. The van der Waals surface area contributed by atoms with Crippen molar-refractivity contribution in [2.75, 3.05) is 5.32 Å². The van der Waals surface area contributed by atoms with Gasteiger partial charge in [0.2, 0.25) is 0 Å². The zero-order valence-corrected chi connectivity index (χ0v) is 11.2. The number of fused-ring (bicyclic) bond motifs is 2. The summed E-state index contributed by atoms with van der Waals surface area (Å²) in [6.07, 6.45) is 3.43. The quantitative estimate of drug-likeness (QED) is 0.810. The Morgan fingerprint density at radius 3 is 2.88 bits per heavy atom. The van der Waals surface area contributed by atoms with E-state index in [1.54, 1.807) is 0 Å². The Kier molecular flexibility index (Phi) is 3.55. The fourth-order valence-electron chi connectivity index (χ4n) is 2.38. The molecule has 0 bridgehead atoms. The molecule has 0 spiro atoms. The monoisotopic (exact) mass is 234 g/mol. The van der Waals surface area contributed by atoms with Crippen molar-refractivity contribution in [2.45, 2.75) is 59.1 Å². The number of anilines is 1. The van der Waals surface area contributed by atoms with E-state index in [0.29, 0.717) is 12.1 Å². The molecule has 1 aromatic heterocycles. The van der Waals surface area contributed by atoms with Crippen molar-refractivity contribution in [2.24, 2.45) is 0 Å². The molecule has 3 heteroatoms. The molecule has 17 heavy (non-hydrogen) atoms. The Labute approximate surface area is 104 Å². The minimum atomic E-state index is 0.340. The molecule has 0 saturated heterocycles. The number of hydrogen-bond acceptors (Lipinski definition) is 3. The van der Waals surface area contributed by atoms with Crippen LogP contribution in [-0.4, -0.2) is 17.1 Å². The molecule has 2 aliphatic rings. The van der Waals surface area contributed by atoms with Crippen LogP contribution in [0.25, 0.3) is 0 Å². The highest BCUT2D eigenvalue weighted by molar-refractivity contribution is 5.55. The smallest absolute Gasteiger partial charge is 0.141 e. The third-order valence-corrected chi connectivity index (χ3v) is 3.22. The summed E-state index contributed by atoms with van der Waals surface area (Å²) in [5.41, 5.74) is 2.43. The molecule has 1 N–H and O–H groups in total. The number of rotatable bonds is 1. The predicted octanol–water partition coefficient (Wildman–Crippen LogP) is 3.18. The maximum atomic E-state index is 5.83. The van der Waals surface area contributed by atoms with E-state index in [0.717, 1.165) is 36.5 Å². The average molecular weight is 234 g/mol. The zero-order chi connectivity index (χ0) is 12.4. The summed E-state index contributed by atoms with van der Waals surface area (Å²) in [6, 6.07) is 2.68. The topological polar surface area (TPSA) is 34.1 Å². The lowest BCUT2D eigenvalue weighted by Crippen LogP contribution is -2.11. The van der Waals surface area contributed by atoms with Crippen LogP contribution in [0.5, 0.6) is 5.75 Å². The number of nitrogens with one attached hydrogen (secondary N) is 1. The van der Waals surface area contributed by atoms with Gasteiger partial charge in [-0.05, 0) is 25.8 Å². The van der Waals surface area contributed by atoms with Crippen LogP contribution in [0.2, 0.25) is 0 Å². The molecule has 2 aliphatic heterocycles. The SMILES string of the molecule is CC.CCC1Cc2nc3c(cc2O1)CC(C)N3. The van der Waals surface area contributed by atoms with Gasteiger partial charge in [0, 0.05) is 18.0 Å². The van der Waals surface area contributed by atoms with Crippen molar-refractivity contribution in [3.05, 3.63) is 17.3 Å². The Hall–Kier alpha value is -1.25. The van der Waals surface area contributed by atoms with Gasteiger partial charge in [-0.1, -0.05) is 20.8 Å². The van der Waals surface area contributed by atoms with Gasteiger partial charge < -0.3 is 10.1 Å². The van der Waals surface area contributed by atoms with Gasteiger partial charge in [-0.15, -0.1) is 0 Å². The predicted molar refractivity (Wildman–Crippen MR) is 70.8 cm³/mol. The van der Waals surface area contributed by atoms with Crippen LogP contribution in [0.3, 0.4) is 0 Å². The van der Waals surface area contributed by atoms with E-state index in [2.05, 4.69) is 30.2 Å². The first-order valence-corrected chi connectivity index (χ1v) is 6.72. The summed E-state index contributed by atoms with van der Waals surface area (Å²) in [6.45, 7) is 8.34. The van der Waals surface area contributed by atoms with E-state index < -0.39 is 0 Å². The first kappa shape index (κ1) is 12.2. The minimum Gasteiger partial charge on any atom is -0.488 e. The van der Waals surface area contributed by atoms with Gasteiger partial charge in [0.1, 0.15) is 17.7 Å². The highest BCUT2D eigenvalue weighted by atomic mass is 16.5. The van der Waals surface area contributed by atoms with E-state index in [1.165, 1.54) is 5.56 Å². The van der Waals surface area contributed by atoms with Crippen molar-refractivity contribution < 1.29 is 4.74 Å². The van der Waals surface area contributed by atoms with Crippen LogP contribution in [0, 0.1) is 0 Å². The second-order valence-corrected chi connectivity index (χ2v) is 4.54. The fourth-order valence-corrected chi connectivity index (χ4v) is 2.38. The lowest BCUT2D eigenvalue weighted by atomic mass is 10.1. The van der Waals surface area contributed by atoms with Gasteiger partial charge in [0.05, 0.1) is 5.69 Å². The van der Waals surface area contributed by atoms with Gasteiger partial charge in [0.15, 0.2) is 0 Å². The fraction of sp³-hybridized carbons (Fsp3) is 0.643. The number of nitrogens with zero attached hydrogens (tertiary/aromatic N) is 1. The van der Waals surface area contributed by atoms with Gasteiger partial charge in [-0.25, -0.2) is 4.98 Å². The Bertz CT molecular complexity index is 368. The molecular weight excluding hydrogens is 212 g/mol. The number of aromatic nitrogens is 1. The molecule has 0 amide bonds. The zero-order valence-electron chi connectivity index (χ0n) is 11.2. The summed E-state index contributed by atoms with van der Waals surface area (Å²) in [5.74, 6) is 2.08. The number of pyridine rings is 1. The summed E-state index contributed by atoms with van der Waals surface area (Å²) in [7, 11) is 0. The molecule has 0 aliphatic carbocycles. The molecule has 94 valence electrons. The molecule has 3 rings (SSSR count). The Morgan fingerprint density at radius 2 is 2.18 bits per heavy atom. The summed E-state index contributed by atoms with van der Waals surface area (Å²) in [5, 5.41) is 3.39. The van der Waals surface area contributed by atoms with Gasteiger partial charge in [-0.2, -0.15) is 0 Å². The van der Waals surface area contributed by atoms with Crippen molar-refractivity contribution in [1.82, 2.24) is 4.98 Å². The highest BCUT2D eigenvalue weighted by Crippen LogP contribution is 2.35. The summed E-state index contributed by atoms with van der Waals surface area (Å²) < 4.78 is 5.83. The van der Waals surface area contributed by atoms with Crippen molar-refractivity contribution in [1.29, 1.82) is 0 Å². The lowest BCUT2D eigenvalue weighted by Gasteiger charge is -2.05.